The van der Waals surface area contributed by atoms with Crippen LogP contribution in [0.4, 0.5) is 22.0 Å². The zero-order valence-electron chi connectivity index (χ0n) is 24.3. The number of nitrogens with zero attached hydrogens (tertiary/aromatic N) is 5. The van der Waals surface area contributed by atoms with Crippen molar-refractivity contribution >= 4 is 34.1 Å². The third kappa shape index (κ3) is 9.01. The number of hydrogen-bond donors (Lipinski definition) is 3. The molecule has 10 heteroatoms. The van der Waals surface area contributed by atoms with E-state index in [1.165, 1.54) is 25.9 Å². The molecule has 2 aliphatic rings. The Labute approximate surface area is 243 Å². The van der Waals surface area contributed by atoms with Gasteiger partial charge in [0, 0.05) is 62.1 Å². The molecule has 2 amide bonds. The lowest BCUT2D eigenvalue weighted by Gasteiger charge is -2.32. The zero-order valence-corrected chi connectivity index (χ0v) is 24.3. The van der Waals surface area contributed by atoms with E-state index in [1.54, 1.807) is 6.33 Å². The number of fused-ring (bicyclic) bond motifs is 1. The predicted molar refractivity (Wildman–Crippen MR) is 165 cm³/mol. The molecule has 2 saturated heterocycles. The molecule has 0 spiro atoms. The van der Waals surface area contributed by atoms with Crippen LogP contribution in [0.5, 0.6) is 5.75 Å². The normalized spacial score (nSPS) is 16.6. The fourth-order valence-electron chi connectivity index (χ4n) is 5.43. The van der Waals surface area contributed by atoms with Gasteiger partial charge in [0.2, 0.25) is 0 Å². The number of unbranched alkanes of at least 4 members (excludes halogenated alkanes) is 1. The minimum absolute atomic E-state index is 0.188. The molecule has 3 aromatic rings. The highest BCUT2D eigenvalue weighted by Gasteiger charge is 2.13. The molecule has 2 aromatic carbocycles. The van der Waals surface area contributed by atoms with Crippen LogP contribution in [0.3, 0.4) is 0 Å². The van der Waals surface area contributed by atoms with Crippen LogP contribution in [0.2, 0.25) is 0 Å². The highest BCUT2D eigenvalue weighted by atomic mass is 16.5. The van der Waals surface area contributed by atoms with Gasteiger partial charge in [-0.05, 0) is 89.1 Å². The summed E-state index contributed by atoms with van der Waals surface area (Å²) < 4.78 is 6.04. The van der Waals surface area contributed by atoms with Gasteiger partial charge in [0.1, 0.15) is 17.9 Å². The van der Waals surface area contributed by atoms with Crippen molar-refractivity contribution in [2.75, 3.05) is 83.2 Å². The molecule has 220 valence electrons. The molecule has 10 nitrogen and oxygen atoms in total. The molecule has 41 heavy (non-hydrogen) atoms. The molecule has 0 unspecified atom stereocenters. The molecule has 0 saturated carbocycles. The number of nitrogens with one attached hydrogen (secondary N) is 3. The molecule has 5 rings (SSSR count). The summed E-state index contributed by atoms with van der Waals surface area (Å²) in [5.74, 6) is 1.52. The van der Waals surface area contributed by atoms with Gasteiger partial charge >= 0.3 is 6.03 Å². The maximum absolute atomic E-state index is 12.4. The van der Waals surface area contributed by atoms with Gasteiger partial charge in [0.25, 0.3) is 0 Å². The van der Waals surface area contributed by atoms with Gasteiger partial charge in [-0.1, -0.05) is 6.07 Å². The SMILES string of the molecule is CN1CCN(CCCOc2ccc3c(Nc4cccc(NC(=O)NCCCCN5CCCC5)c4)ncnc3c2)CC1. The van der Waals surface area contributed by atoms with Crippen LogP contribution in [0, 0.1) is 0 Å². The Hall–Kier alpha value is -3.47. The Bertz CT molecular complexity index is 1260. The second kappa shape index (κ2) is 15.0. The summed E-state index contributed by atoms with van der Waals surface area (Å²) in [6.07, 6.45) is 7.28. The van der Waals surface area contributed by atoms with E-state index in [-0.39, 0.29) is 6.03 Å². The lowest BCUT2D eigenvalue weighted by molar-refractivity contribution is 0.145. The molecule has 2 aliphatic heterocycles. The number of likely N-dealkylation sites (tertiary alicyclic amines) is 1. The van der Waals surface area contributed by atoms with Crippen LogP contribution in [-0.2, 0) is 0 Å². The number of benzene rings is 2. The number of piperazine rings is 1. The fourth-order valence-corrected chi connectivity index (χ4v) is 5.43. The lowest BCUT2D eigenvalue weighted by Crippen LogP contribution is -2.44. The van der Waals surface area contributed by atoms with E-state index >= 15 is 0 Å². The largest absolute Gasteiger partial charge is 0.493 e. The van der Waals surface area contributed by atoms with Crippen molar-refractivity contribution in [2.24, 2.45) is 0 Å². The zero-order chi connectivity index (χ0) is 28.3. The number of rotatable bonds is 13. The quantitative estimate of drug-likeness (QED) is 0.265. The van der Waals surface area contributed by atoms with Crippen molar-refractivity contribution < 1.29 is 9.53 Å². The molecule has 3 N–H and O–H groups in total. The van der Waals surface area contributed by atoms with Gasteiger partial charge < -0.3 is 35.4 Å². The highest BCUT2D eigenvalue weighted by Crippen LogP contribution is 2.27. The van der Waals surface area contributed by atoms with Gasteiger partial charge in [0.05, 0.1) is 12.1 Å². The van der Waals surface area contributed by atoms with Crippen LogP contribution in [0.1, 0.15) is 32.1 Å². The fraction of sp³-hybridized carbons (Fsp3) is 0.516. The first-order valence-electron chi connectivity index (χ1n) is 15.1. The number of carbonyl (C=O) groups is 1. The molecule has 0 atom stereocenters. The van der Waals surface area contributed by atoms with Crippen molar-refractivity contribution in [1.82, 2.24) is 30.0 Å². The maximum atomic E-state index is 12.4. The van der Waals surface area contributed by atoms with Crippen molar-refractivity contribution in [3.8, 4) is 5.75 Å². The molecular weight excluding hydrogens is 516 g/mol. The van der Waals surface area contributed by atoms with Gasteiger partial charge in [-0.15, -0.1) is 0 Å². The second-order valence-corrected chi connectivity index (χ2v) is 11.1. The van der Waals surface area contributed by atoms with E-state index < -0.39 is 0 Å². The number of hydrogen-bond acceptors (Lipinski definition) is 8. The Kier molecular flexibility index (Phi) is 10.6. The minimum Gasteiger partial charge on any atom is -0.493 e. The number of amides is 2. The average Bonchev–Trinajstić information content (AvgIpc) is 3.50. The first kappa shape index (κ1) is 29.0. The van der Waals surface area contributed by atoms with E-state index in [4.69, 9.17) is 4.74 Å². The molecule has 1 aromatic heterocycles. The summed E-state index contributed by atoms with van der Waals surface area (Å²) in [7, 11) is 2.18. The van der Waals surface area contributed by atoms with Gasteiger partial charge in [-0.2, -0.15) is 0 Å². The van der Waals surface area contributed by atoms with Crippen molar-refractivity contribution in [2.45, 2.75) is 32.1 Å². The predicted octanol–water partition coefficient (Wildman–Crippen LogP) is 4.39. The van der Waals surface area contributed by atoms with E-state index in [2.05, 4.69) is 47.7 Å². The van der Waals surface area contributed by atoms with Crippen LogP contribution < -0.4 is 20.7 Å². The average molecular weight is 561 g/mol. The monoisotopic (exact) mass is 560 g/mol. The second-order valence-electron chi connectivity index (χ2n) is 11.1. The van der Waals surface area contributed by atoms with Crippen molar-refractivity contribution in [3.63, 3.8) is 0 Å². The van der Waals surface area contributed by atoms with Gasteiger partial charge in [0.15, 0.2) is 0 Å². The van der Waals surface area contributed by atoms with Gasteiger partial charge in [-0.3, -0.25) is 0 Å². The third-order valence-electron chi connectivity index (χ3n) is 7.86. The first-order valence-corrected chi connectivity index (χ1v) is 15.1. The number of urea groups is 1. The molecule has 0 radical (unpaired) electrons. The minimum atomic E-state index is -0.188. The van der Waals surface area contributed by atoms with E-state index in [0.717, 1.165) is 86.6 Å². The molecule has 0 bridgehead atoms. The topological polar surface area (TPSA) is 97.9 Å². The molecule has 3 heterocycles. The van der Waals surface area contributed by atoms with E-state index in [1.807, 2.05) is 42.5 Å². The third-order valence-corrected chi connectivity index (χ3v) is 7.86. The van der Waals surface area contributed by atoms with Crippen molar-refractivity contribution in [3.05, 3.63) is 48.8 Å². The summed E-state index contributed by atoms with van der Waals surface area (Å²) in [5, 5.41) is 10.2. The van der Waals surface area contributed by atoms with Gasteiger partial charge in [-0.25, -0.2) is 14.8 Å². The number of likely N-dealkylation sites (N-methyl/N-ethyl adjacent to an activating group) is 1. The smallest absolute Gasteiger partial charge is 0.319 e. The Morgan fingerprint density at radius 1 is 0.878 bits per heavy atom. The number of ether oxygens (including phenoxy) is 1. The standard InChI is InChI=1S/C31H44N8O2/c1-37-17-19-39(20-18-37)16-7-21-41-27-10-11-28-29(23-27)33-24-34-30(28)35-25-8-6-9-26(22-25)36-31(40)32-12-2-3-13-38-14-4-5-15-38/h6,8-11,22-24H,2-5,7,12-21H2,1H3,(H2,32,36,40)(H,33,34,35). The van der Waals surface area contributed by atoms with Crippen molar-refractivity contribution in [1.29, 1.82) is 0 Å². The van der Waals surface area contributed by atoms with Crippen LogP contribution in [-0.4, -0.2) is 103 Å². The maximum Gasteiger partial charge on any atom is 0.319 e. The Morgan fingerprint density at radius 3 is 2.51 bits per heavy atom. The molecular formula is C31H44N8O2. The van der Waals surface area contributed by atoms with Crippen LogP contribution in [0.15, 0.2) is 48.8 Å². The van der Waals surface area contributed by atoms with Crippen LogP contribution >= 0.6 is 0 Å². The molecule has 0 aliphatic carbocycles. The number of aromatic nitrogens is 2. The van der Waals surface area contributed by atoms with Crippen LogP contribution in [0.25, 0.3) is 10.9 Å². The summed E-state index contributed by atoms with van der Waals surface area (Å²) in [6, 6.07) is 13.4. The summed E-state index contributed by atoms with van der Waals surface area (Å²) >= 11 is 0. The van der Waals surface area contributed by atoms with E-state index in [9.17, 15) is 4.79 Å². The highest BCUT2D eigenvalue weighted by molar-refractivity contribution is 5.92. The first-order chi connectivity index (χ1) is 20.1. The Morgan fingerprint density at radius 2 is 1.66 bits per heavy atom. The Balaban J connectivity index is 1.08. The summed E-state index contributed by atoms with van der Waals surface area (Å²) in [5.41, 5.74) is 2.37. The lowest BCUT2D eigenvalue weighted by atomic mass is 10.2. The number of carbonyl (C=O) groups excluding carboxylic acids is 1. The van der Waals surface area contributed by atoms with E-state index in [0.29, 0.717) is 19.0 Å². The number of anilines is 3. The summed E-state index contributed by atoms with van der Waals surface area (Å²) in [6.45, 7) is 10.5. The summed E-state index contributed by atoms with van der Waals surface area (Å²) in [4.78, 5) is 28.7. The molecule has 2 fully saturated rings.